The van der Waals surface area contributed by atoms with Crippen molar-refractivity contribution in [2.45, 2.75) is 116 Å². The number of hydrogen-bond acceptors (Lipinski definition) is 4. The largest absolute Gasteiger partial charge is 0.390 e. The molecule has 0 spiro atoms. The van der Waals surface area contributed by atoms with Gasteiger partial charge in [-0.1, -0.05) is 27.2 Å². The standard InChI is InChI=1S/C29H45N3O2/c1-5-11-29(34)14-13-26(2)21(15-29)6-7-22-23-8-9-25(27(23,3)12-10-24(22)26)28(4,33)19-32-18-20(16-30)17-31-32/h17-18,21-25,33-34H,5-15,19H2,1-4H3/t21-,22+,23+,24+,25+,26+,27+,28+,29-/m1/s1. The van der Waals surface area contributed by atoms with E-state index in [4.69, 9.17) is 5.26 Å². The minimum Gasteiger partial charge on any atom is -0.390 e. The Kier molecular flexibility index (Phi) is 5.97. The van der Waals surface area contributed by atoms with Crippen LogP contribution >= 0.6 is 0 Å². The monoisotopic (exact) mass is 467 g/mol. The Balaban J connectivity index is 1.34. The van der Waals surface area contributed by atoms with E-state index < -0.39 is 11.2 Å². The van der Waals surface area contributed by atoms with Crippen molar-refractivity contribution in [3.63, 3.8) is 0 Å². The maximum absolute atomic E-state index is 11.7. The van der Waals surface area contributed by atoms with Gasteiger partial charge in [0.1, 0.15) is 6.07 Å². The molecule has 0 amide bonds. The Hall–Kier alpha value is -1.38. The second kappa shape index (κ2) is 8.34. The summed E-state index contributed by atoms with van der Waals surface area (Å²) in [4.78, 5) is 0. The van der Waals surface area contributed by atoms with E-state index in [1.165, 1.54) is 38.5 Å². The number of rotatable bonds is 5. The van der Waals surface area contributed by atoms with E-state index in [1.54, 1.807) is 17.1 Å². The zero-order valence-electron chi connectivity index (χ0n) is 21.8. The Bertz CT molecular complexity index is 949. The van der Waals surface area contributed by atoms with Crippen LogP contribution in [0, 0.1) is 51.8 Å². The first kappa shape index (κ1) is 24.3. The lowest BCUT2D eigenvalue weighted by Crippen LogP contribution is -2.57. The lowest BCUT2D eigenvalue weighted by molar-refractivity contribution is -0.163. The van der Waals surface area contributed by atoms with E-state index in [0.29, 0.717) is 29.4 Å². The molecule has 34 heavy (non-hydrogen) atoms. The van der Waals surface area contributed by atoms with Crippen molar-refractivity contribution in [1.29, 1.82) is 5.26 Å². The fraction of sp³-hybridized carbons (Fsp3) is 0.862. The molecular formula is C29H45N3O2. The molecule has 0 aliphatic heterocycles. The Morgan fingerprint density at radius 1 is 1.12 bits per heavy atom. The molecular weight excluding hydrogens is 422 g/mol. The van der Waals surface area contributed by atoms with Crippen molar-refractivity contribution >= 4 is 0 Å². The number of nitriles is 1. The summed E-state index contributed by atoms with van der Waals surface area (Å²) in [5, 5.41) is 36.4. The van der Waals surface area contributed by atoms with Crippen molar-refractivity contribution in [2.75, 3.05) is 0 Å². The van der Waals surface area contributed by atoms with Gasteiger partial charge in [0.25, 0.3) is 0 Å². The zero-order chi connectivity index (χ0) is 24.4. The number of hydrogen-bond donors (Lipinski definition) is 2. The molecule has 5 heteroatoms. The Morgan fingerprint density at radius 3 is 2.59 bits per heavy atom. The average Bonchev–Trinajstić information content (AvgIpc) is 3.38. The average molecular weight is 468 g/mol. The maximum atomic E-state index is 11.7. The van der Waals surface area contributed by atoms with E-state index in [2.05, 4.69) is 31.9 Å². The van der Waals surface area contributed by atoms with Gasteiger partial charge in [-0.15, -0.1) is 0 Å². The van der Waals surface area contributed by atoms with E-state index >= 15 is 0 Å². The summed E-state index contributed by atoms with van der Waals surface area (Å²) in [6.07, 6.45) is 15.9. The fourth-order valence-corrected chi connectivity index (χ4v) is 9.98. The van der Waals surface area contributed by atoms with Crippen LogP contribution in [0.15, 0.2) is 12.4 Å². The highest BCUT2D eigenvalue weighted by molar-refractivity contribution is 5.22. The molecule has 0 aromatic carbocycles. The maximum Gasteiger partial charge on any atom is 0.102 e. The number of nitrogens with zero attached hydrogens (tertiary/aromatic N) is 3. The van der Waals surface area contributed by atoms with Crippen LogP contribution < -0.4 is 0 Å². The first-order valence-electron chi connectivity index (χ1n) is 13.9. The van der Waals surface area contributed by atoms with Crippen LogP contribution in [0.25, 0.3) is 0 Å². The van der Waals surface area contributed by atoms with Gasteiger partial charge in [-0.3, -0.25) is 4.68 Å². The molecule has 0 unspecified atom stereocenters. The van der Waals surface area contributed by atoms with Crippen LogP contribution in [0.2, 0.25) is 0 Å². The molecule has 188 valence electrons. The summed E-state index contributed by atoms with van der Waals surface area (Å²) >= 11 is 0. The highest BCUT2D eigenvalue weighted by Crippen LogP contribution is 2.69. The van der Waals surface area contributed by atoms with Gasteiger partial charge >= 0.3 is 0 Å². The topological polar surface area (TPSA) is 82.1 Å². The van der Waals surface area contributed by atoms with E-state index in [0.717, 1.165) is 43.9 Å². The molecule has 1 aromatic rings. The van der Waals surface area contributed by atoms with Crippen molar-refractivity contribution in [1.82, 2.24) is 9.78 Å². The molecule has 5 nitrogen and oxygen atoms in total. The third kappa shape index (κ3) is 3.75. The normalized spacial score (nSPS) is 45.5. The summed E-state index contributed by atoms with van der Waals surface area (Å²) in [5.74, 6) is 3.13. The molecule has 5 rings (SSSR count). The second-order valence-corrected chi connectivity index (χ2v) is 13.4. The van der Waals surface area contributed by atoms with Gasteiger partial charge < -0.3 is 10.2 Å². The first-order valence-corrected chi connectivity index (χ1v) is 13.9. The quantitative estimate of drug-likeness (QED) is 0.582. The minimum absolute atomic E-state index is 0.163. The van der Waals surface area contributed by atoms with E-state index in [-0.39, 0.29) is 11.3 Å². The van der Waals surface area contributed by atoms with Crippen LogP contribution in [0.4, 0.5) is 0 Å². The van der Waals surface area contributed by atoms with Gasteiger partial charge in [-0.25, -0.2) is 0 Å². The number of fused-ring (bicyclic) bond motifs is 5. The molecule has 1 aromatic heterocycles. The molecule has 1 heterocycles. The van der Waals surface area contributed by atoms with Gasteiger partial charge in [0, 0.05) is 6.20 Å². The van der Waals surface area contributed by atoms with Gasteiger partial charge in [-0.2, -0.15) is 10.4 Å². The van der Waals surface area contributed by atoms with Gasteiger partial charge in [-0.05, 0) is 112 Å². The van der Waals surface area contributed by atoms with Crippen molar-refractivity contribution in [2.24, 2.45) is 40.4 Å². The summed E-state index contributed by atoms with van der Waals surface area (Å²) < 4.78 is 1.76. The van der Waals surface area contributed by atoms with Crippen LogP contribution in [0.1, 0.15) is 104 Å². The summed E-state index contributed by atoms with van der Waals surface area (Å²) in [6.45, 7) is 9.68. The predicted molar refractivity (Wildman–Crippen MR) is 133 cm³/mol. The van der Waals surface area contributed by atoms with Crippen LogP contribution in [0.3, 0.4) is 0 Å². The molecule has 0 saturated heterocycles. The molecule has 4 aliphatic carbocycles. The lowest BCUT2D eigenvalue weighted by atomic mass is 9.43. The van der Waals surface area contributed by atoms with Crippen molar-refractivity contribution in [3.05, 3.63) is 18.0 Å². The predicted octanol–water partition coefficient (Wildman–Crippen LogP) is 5.70. The van der Waals surface area contributed by atoms with Gasteiger partial charge in [0.15, 0.2) is 0 Å². The molecule has 2 N–H and O–H groups in total. The summed E-state index contributed by atoms with van der Waals surface area (Å²) in [5.41, 5.74) is -0.179. The number of aromatic nitrogens is 2. The third-order valence-electron chi connectivity index (χ3n) is 11.5. The molecule has 4 saturated carbocycles. The van der Waals surface area contributed by atoms with Crippen LogP contribution in [0.5, 0.6) is 0 Å². The smallest absolute Gasteiger partial charge is 0.102 e. The lowest BCUT2D eigenvalue weighted by Gasteiger charge is -2.62. The van der Waals surface area contributed by atoms with Crippen molar-refractivity contribution < 1.29 is 10.2 Å². The minimum atomic E-state index is -0.836. The zero-order valence-corrected chi connectivity index (χ0v) is 21.8. The SMILES string of the molecule is CCC[C@@]1(O)CC[C@@]2(C)[C@H](CC[C@@H]3[C@@H]2CC[C@@]2(C)[C@H]3CC[C@@H]2[C@@](C)(O)Cn2cc(C#N)cn2)C1. The molecule has 4 fully saturated rings. The number of aliphatic hydroxyl groups is 2. The second-order valence-electron chi connectivity index (χ2n) is 13.4. The molecule has 9 atom stereocenters. The fourth-order valence-electron chi connectivity index (χ4n) is 9.98. The first-order chi connectivity index (χ1) is 16.0. The molecule has 0 bridgehead atoms. The van der Waals surface area contributed by atoms with Crippen molar-refractivity contribution in [3.8, 4) is 6.07 Å². The summed E-state index contributed by atoms with van der Waals surface area (Å²) in [6, 6.07) is 2.14. The van der Waals surface area contributed by atoms with Gasteiger partial charge in [0.2, 0.25) is 0 Å². The molecule has 4 aliphatic rings. The van der Waals surface area contributed by atoms with E-state index in [9.17, 15) is 10.2 Å². The Labute approximate surface area is 205 Å². The summed E-state index contributed by atoms with van der Waals surface area (Å²) in [7, 11) is 0. The molecule has 0 radical (unpaired) electrons. The van der Waals surface area contributed by atoms with Gasteiger partial charge in [0.05, 0.1) is 29.5 Å². The van der Waals surface area contributed by atoms with Crippen LogP contribution in [-0.2, 0) is 6.54 Å². The van der Waals surface area contributed by atoms with Crippen LogP contribution in [-0.4, -0.2) is 31.2 Å². The van der Waals surface area contributed by atoms with E-state index in [1.807, 2.05) is 6.92 Å². The highest BCUT2D eigenvalue weighted by Gasteiger charge is 2.63. The Morgan fingerprint density at radius 2 is 1.88 bits per heavy atom. The third-order valence-corrected chi connectivity index (χ3v) is 11.5. The highest BCUT2D eigenvalue weighted by atomic mass is 16.3.